The van der Waals surface area contributed by atoms with E-state index in [1.807, 2.05) is 13.0 Å². The van der Waals surface area contributed by atoms with Crippen LogP contribution < -0.4 is 0 Å². The molecular formula is C13H20ClNO3S2. The first-order valence-corrected chi connectivity index (χ1v) is 9.63. The molecule has 0 aromatic carbocycles. The Balaban J connectivity index is 2.12. The molecule has 1 unspecified atom stereocenters. The van der Waals surface area contributed by atoms with E-state index in [2.05, 4.69) is 0 Å². The minimum Gasteiger partial charge on any atom is -0.377 e. The van der Waals surface area contributed by atoms with Crippen LogP contribution in [0.1, 0.15) is 24.6 Å². The van der Waals surface area contributed by atoms with E-state index >= 15 is 0 Å². The van der Waals surface area contributed by atoms with E-state index in [0.29, 0.717) is 29.6 Å². The summed E-state index contributed by atoms with van der Waals surface area (Å²) in [6.07, 6.45) is 2.70. The molecule has 0 bridgehead atoms. The van der Waals surface area contributed by atoms with E-state index in [-0.39, 0.29) is 6.10 Å². The number of thiophene rings is 1. The highest BCUT2D eigenvalue weighted by Crippen LogP contribution is 2.26. The lowest BCUT2D eigenvalue weighted by Crippen LogP contribution is -2.36. The number of likely N-dealkylation sites (N-methyl/N-ethyl adjacent to an activating group) is 1. The van der Waals surface area contributed by atoms with Crippen LogP contribution in [-0.4, -0.2) is 44.4 Å². The third-order valence-corrected chi connectivity index (χ3v) is 7.10. The molecule has 1 fully saturated rings. The lowest BCUT2D eigenvalue weighted by atomic mass is 10.2. The zero-order valence-electron chi connectivity index (χ0n) is 11.5. The van der Waals surface area contributed by atoms with Gasteiger partial charge in [-0.2, -0.15) is 4.31 Å². The molecule has 1 aromatic rings. The van der Waals surface area contributed by atoms with Crippen LogP contribution in [0.15, 0.2) is 16.3 Å². The van der Waals surface area contributed by atoms with Crippen molar-refractivity contribution in [3.05, 3.63) is 17.0 Å². The third kappa shape index (κ3) is 3.74. The minimum absolute atomic E-state index is 0.0343. The molecule has 1 atom stereocenters. The molecule has 114 valence electrons. The van der Waals surface area contributed by atoms with E-state index < -0.39 is 10.0 Å². The van der Waals surface area contributed by atoms with Gasteiger partial charge in [-0.25, -0.2) is 8.42 Å². The summed E-state index contributed by atoms with van der Waals surface area (Å²) in [5, 5.41) is 0. The Kier molecular flexibility index (Phi) is 5.86. The van der Waals surface area contributed by atoms with Gasteiger partial charge in [0, 0.05) is 30.5 Å². The Morgan fingerprint density at radius 1 is 1.50 bits per heavy atom. The molecule has 7 heteroatoms. The molecule has 20 heavy (non-hydrogen) atoms. The van der Waals surface area contributed by atoms with E-state index in [4.69, 9.17) is 16.3 Å². The molecular weight excluding hydrogens is 318 g/mol. The molecule has 0 saturated carbocycles. The first kappa shape index (κ1) is 16.2. The van der Waals surface area contributed by atoms with Gasteiger partial charge in [0.25, 0.3) is 10.0 Å². The van der Waals surface area contributed by atoms with Crippen molar-refractivity contribution in [2.75, 3.05) is 25.6 Å². The number of hydrogen-bond donors (Lipinski definition) is 0. The fraction of sp³-hybridized carbons (Fsp3) is 0.692. The lowest BCUT2D eigenvalue weighted by molar-refractivity contribution is 0.0947. The van der Waals surface area contributed by atoms with Gasteiger partial charge < -0.3 is 4.74 Å². The van der Waals surface area contributed by atoms with Crippen molar-refractivity contribution in [1.29, 1.82) is 0 Å². The smallest absolute Gasteiger partial charge is 0.252 e. The number of aryl methyl sites for hydroxylation is 1. The third-order valence-electron chi connectivity index (χ3n) is 3.36. The fourth-order valence-corrected chi connectivity index (χ4v) is 5.57. The first-order chi connectivity index (χ1) is 9.57. The molecule has 0 N–H and O–H groups in total. The van der Waals surface area contributed by atoms with Gasteiger partial charge in [-0.15, -0.1) is 22.9 Å². The van der Waals surface area contributed by atoms with E-state index in [9.17, 15) is 8.42 Å². The summed E-state index contributed by atoms with van der Waals surface area (Å²) in [5.41, 5.74) is 0. The molecule has 0 spiro atoms. The highest BCUT2D eigenvalue weighted by molar-refractivity contribution is 7.91. The molecule has 0 amide bonds. The summed E-state index contributed by atoms with van der Waals surface area (Å²) in [6.45, 7) is 3.51. The maximum atomic E-state index is 12.6. The Bertz CT molecular complexity index is 523. The molecule has 1 saturated heterocycles. The number of rotatable bonds is 7. The normalized spacial score (nSPS) is 19.9. The van der Waals surface area contributed by atoms with Crippen LogP contribution in [0.3, 0.4) is 0 Å². The Hall–Kier alpha value is -0.140. The van der Waals surface area contributed by atoms with Crippen LogP contribution in [0.4, 0.5) is 0 Å². The predicted octanol–water partition coefficient (Wildman–Crippen LogP) is 2.72. The summed E-state index contributed by atoms with van der Waals surface area (Å²) in [6, 6.07) is 3.53. The van der Waals surface area contributed by atoms with Crippen molar-refractivity contribution in [2.45, 2.75) is 36.5 Å². The molecule has 0 radical (unpaired) electrons. The van der Waals surface area contributed by atoms with Gasteiger partial charge in [0.1, 0.15) is 4.21 Å². The molecule has 2 rings (SSSR count). The average Bonchev–Trinajstić information content (AvgIpc) is 3.07. The van der Waals surface area contributed by atoms with Gasteiger partial charge in [-0.3, -0.25) is 0 Å². The number of halogens is 1. The van der Waals surface area contributed by atoms with Gasteiger partial charge in [-0.1, -0.05) is 6.92 Å². The van der Waals surface area contributed by atoms with E-state index in [1.165, 1.54) is 15.6 Å². The number of nitrogens with zero attached hydrogens (tertiary/aromatic N) is 1. The standard InChI is InChI=1S/C13H20ClNO3S2/c1-2-15(10-11-4-3-9-18-11)20(16,17)13-6-5-12(19-13)7-8-14/h5-6,11H,2-4,7-10H2,1H3. The van der Waals surface area contributed by atoms with E-state index in [0.717, 1.165) is 24.3 Å². The Labute approximate surface area is 129 Å². The van der Waals surface area contributed by atoms with Crippen molar-refractivity contribution >= 4 is 33.0 Å². The second kappa shape index (κ2) is 7.22. The monoisotopic (exact) mass is 337 g/mol. The van der Waals surface area contributed by atoms with Crippen LogP contribution >= 0.6 is 22.9 Å². The van der Waals surface area contributed by atoms with Crippen LogP contribution in [-0.2, 0) is 21.2 Å². The number of sulfonamides is 1. The highest BCUT2D eigenvalue weighted by Gasteiger charge is 2.28. The van der Waals surface area contributed by atoms with Gasteiger partial charge in [0.2, 0.25) is 0 Å². The molecule has 4 nitrogen and oxygen atoms in total. The average molecular weight is 338 g/mol. The molecule has 1 aromatic heterocycles. The zero-order valence-corrected chi connectivity index (χ0v) is 13.9. The Morgan fingerprint density at radius 2 is 2.30 bits per heavy atom. The minimum atomic E-state index is -3.41. The van der Waals surface area contributed by atoms with Crippen molar-refractivity contribution in [3.63, 3.8) is 0 Å². The molecule has 1 aliphatic heterocycles. The molecule has 0 aliphatic carbocycles. The number of hydrogen-bond acceptors (Lipinski definition) is 4. The number of ether oxygens (including phenoxy) is 1. The molecule has 2 heterocycles. The zero-order chi connectivity index (χ0) is 14.6. The van der Waals surface area contributed by atoms with Gasteiger partial charge in [0.15, 0.2) is 0 Å². The van der Waals surface area contributed by atoms with Crippen LogP contribution in [0.2, 0.25) is 0 Å². The van der Waals surface area contributed by atoms with Crippen molar-refractivity contribution in [1.82, 2.24) is 4.31 Å². The van der Waals surface area contributed by atoms with Gasteiger partial charge in [-0.05, 0) is 31.4 Å². The van der Waals surface area contributed by atoms with Gasteiger partial charge >= 0.3 is 0 Å². The van der Waals surface area contributed by atoms with Crippen molar-refractivity contribution in [3.8, 4) is 0 Å². The molecule has 1 aliphatic rings. The fourth-order valence-electron chi connectivity index (χ4n) is 2.26. The van der Waals surface area contributed by atoms with Gasteiger partial charge in [0.05, 0.1) is 6.10 Å². The topological polar surface area (TPSA) is 46.6 Å². The Morgan fingerprint density at radius 3 is 2.90 bits per heavy atom. The summed E-state index contributed by atoms with van der Waals surface area (Å²) >= 11 is 7.00. The summed E-state index contributed by atoms with van der Waals surface area (Å²) in [7, 11) is -3.41. The van der Waals surface area contributed by atoms with E-state index in [1.54, 1.807) is 6.07 Å². The van der Waals surface area contributed by atoms with Crippen molar-refractivity contribution in [2.24, 2.45) is 0 Å². The van der Waals surface area contributed by atoms with Crippen molar-refractivity contribution < 1.29 is 13.2 Å². The maximum absolute atomic E-state index is 12.6. The quantitative estimate of drug-likeness (QED) is 0.719. The predicted molar refractivity (Wildman–Crippen MR) is 82.1 cm³/mol. The summed E-state index contributed by atoms with van der Waals surface area (Å²) in [5.74, 6) is 0.507. The van der Waals surface area contributed by atoms with Crippen LogP contribution in [0, 0.1) is 0 Å². The second-order valence-electron chi connectivity index (χ2n) is 4.75. The SMILES string of the molecule is CCN(CC1CCCO1)S(=O)(=O)c1ccc(CCCl)s1. The summed E-state index contributed by atoms with van der Waals surface area (Å²) in [4.78, 5) is 1.01. The lowest BCUT2D eigenvalue weighted by Gasteiger charge is -2.22. The first-order valence-electron chi connectivity index (χ1n) is 6.84. The maximum Gasteiger partial charge on any atom is 0.252 e. The highest BCUT2D eigenvalue weighted by atomic mass is 35.5. The second-order valence-corrected chi connectivity index (χ2v) is 8.46. The summed E-state index contributed by atoms with van der Waals surface area (Å²) < 4.78 is 32.7. The largest absolute Gasteiger partial charge is 0.377 e. The van der Waals surface area contributed by atoms with Crippen LogP contribution in [0.25, 0.3) is 0 Å². The van der Waals surface area contributed by atoms with Crippen LogP contribution in [0.5, 0.6) is 0 Å². The number of alkyl halides is 1.